The van der Waals surface area contributed by atoms with Crippen LogP contribution in [0, 0.1) is 0 Å². The van der Waals surface area contributed by atoms with Gasteiger partial charge in [0.25, 0.3) is 0 Å². The molecular formula is C9H11N2NaO2S. The fraction of sp³-hybridized carbons (Fsp3) is 0.111. The van der Waals surface area contributed by atoms with E-state index in [4.69, 9.17) is 12.2 Å². The molecule has 0 saturated carbocycles. The predicted molar refractivity (Wildman–Crippen MR) is 64.7 cm³/mol. The van der Waals surface area contributed by atoms with Crippen molar-refractivity contribution in [2.45, 2.75) is 6.92 Å². The number of hydrogen-bond donors (Lipinski definition) is 2. The van der Waals surface area contributed by atoms with Gasteiger partial charge in [-0.15, -0.1) is 0 Å². The Labute approximate surface area is 116 Å². The summed E-state index contributed by atoms with van der Waals surface area (Å²) in [7, 11) is 0. The zero-order valence-electron chi connectivity index (χ0n) is 7.61. The van der Waals surface area contributed by atoms with E-state index in [-0.39, 0.29) is 34.7 Å². The number of rotatable bonds is 1. The van der Waals surface area contributed by atoms with Crippen molar-refractivity contribution in [3.8, 4) is 0 Å². The van der Waals surface area contributed by atoms with Crippen LogP contribution in [-0.2, 0) is 9.63 Å². The standard InChI is InChI=1S/C9H10N2O2S.Na.H/c1-7(12)13-11-9(14)10-8-5-3-2-4-6-8;;/h2-6H,1H3,(H2,10,11,14);;. The number of thiocarbonyl (C=S) groups is 1. The first kappa shape index (κ1) is 14.4. The third-order valence-electron chi connectivity index (χ3n) is 1.32. The summed E-state index contributed by atoms with van der Waals surface area (Å²) in [5.74, 6) is -0.442. The Morgan fingerprint density at radius 2 is 1.93 bits per heavy atom. The van der Waals surface area contributed by atoms with Crippen LogP contribution in [0.2, 0.25) is 0 Å². The molecule has 0 spiro atoms. The van der Waals surface area contributed by atoms with E-state index in [1.165, 1.54) is 6.92 Å². The minimum atomic E-state index is -0.442. The molecule has 4 nitrogen and oxygen atoms in total. The summed E-state index contributed by atoms with van der Waals surface area (Å²) < 4.78 is 0. The van der Waals surface area contributed by atoms with Gasteiger partial charge in [0.05, 0.1) is 0 Å². The first-order valence-electron chi connectivity index (χ1n) is 3.98. The molecular weight excluding hydrogens is 223 g/mol. The van der Waals surface area contributed by atoms with Crippen molar-refractivity contribution in [1.29, 1.82) is 0 Å². The van der Waals surface area contributed by atoms with Gasteiger partial charge in [0.2, 0.25) is 5.11 Å². The number of carbonyl (C=O) groups excluding carboxylic acids is 1. The average Bonchev–Trinajstić information content (AvgIpc) is 2.16. The van der Waals surface area contributed by atoms with Gasteiger partial charge in [-0.3, -0.25) is 4.79 Å². The number of nitrogens with one attached hydrogen (secondary N) is 2. The van der Waals surface area contributed by atoms with Crippen molar-refractivity contribution in [2.75, 3.05) is 5.32 Å². The quantitative estimate of drug-likeness (QED) is 0.428. The summed E-state index contributed by atoms with van der Waals surface area (Å²) in [5.41, 5.74) is 3.13. The average molecular weight is 234 g/mol. The predicted octanol–water partition coefficient (Wildman–Crippen LogP) is 0.803. The molecule has 0 aliphatic carbocycles. The third kappa shape index (κ3) is 6.46. The Morgan fingerprint density at radius 1 is 1.33 bits per heavy atom. The molecule has 1 rings (SSSR count). The monoisotopic (exact) mass is 234 g/mol. The molecule has 0 radical (unpaired) electrons. The summed E-state index contributed by atoms with van der Waals surface area (Å²) in [6.07, 6.45) is 0. The topological polar surface area (TPSA) is 50.4 Å². The van der Waals surface area contributed by atoms with Crippen LogP contribution in [0.3, 0.4) is 0 Å². The minimum absolute atomic E-state index is 0. The molecule has 0 amide bonds. The second-order valence-electron chi connectivity index (χ2n) is 2.52. The van der Waals surface area contributed by atoms with E-state index in [0.717, 1.165) is 5.69 Å². The van der Waals surface area contributed by atoms with Gasteiger partial charge in [0, 0.05) is 12.6 Å². The van der Waals surface area contributed by atoms with Crippen molar-refractivity contribution in [1.82, 2.24) is 5.48 Å². The fourth-order valence-corrected chi connectivity index (χ4v) is 0.956. The van der Waals surface area contributed by atoms with E-state index < -0.39 is 5.97 Å². The van der Waals surface area contributed by atoms with E-state index in [1.54, 1.807) is 0 Å². The molecule has 6 heteroatoms. The van der Waals surface area contributed by atoms with Crippen molar-refractivity contribution in [3.05, 3.63) is 30.3 Å². The molecule has 0 atom stereocenters. The second kappa shape index (κ2) is 7.64. The molecule has 1 aromatic rings. The van der Waals surface area contributed by atoms with E-state index in [2.05, 4.69) is 15.6 Å². The van der Waals surface area contributed by atoms with Crippen molar-refractivity contribution < 1.29 is 9.63 Å². The van der Waals surface area contributed by atoms with E-state index >= 15 is 0 Å². The number of hydroxylamine groups is 1. The van der Waals surface area contributed by atoms with Gasteiger partial charge in [0.1, 0.15) is 0 Å². The van der Waals surface area contributed by atoms with Gasteiger partial charge in [-0.05, 0) is 24.4 Å². The van der Waals surface area contributed by atoms with E-state index in [9.17, 15) is 4.79 Å². The molecule has 1 aromatic carbocycles. The van der Waals surface area contributed by atoms with Crippen LogP contribution in [0.5, 0.6) is 0 Å². The van der Waals surface area contributed by atoms with Gasteiger partial charge in [-0.1, -0.05) is 18.2 Å². The van der Waals surface area contributed by atoms with Gasteiger partial charge in [0.15, 0.2) is 0 Å². The Balaban J connectivity index is 0.00000196. The van der Waals surface area contributed by atoms with Crippen LogP contribution in [0.4, 0.5) is 5.69 Å². The summed E-state index contributed by atoms with van der Waals surface area (Å²) in [6.45, 7) is 1.29. The van der Waals surface area contributed by atoms with Gasteiger partial charge < -0.3 is 10.2 Å². The molecule has 0 heterocycles. The van der Waals surface area contributed by atoms with E-state index in [1.807, 2.05) is 30.3 Å². The molecule has 0 aliphatic heterocycles. The molecule has 0 fully saturated rings. The molecule has 15 heavy (non-hydrogen) atoms. The normalized spacial score (nSPS) is 8.33. The molecule has 0 aliphatic rings. The van der Waals surface area contributed by atoms with Gasteiger partial charge in [-0.2, -0.15) is 5.48 Å². The Hall–Kier alpha value is -0.620. The summed E-state index contributed by atoms with van der Waals surface area (Å²) in [5, 5.41) is 3.08. The zero-order valence-corrected chi connectivity index (χ0v) is 8.43. The summed E-state index contributed by atoms with van der Waals surface area (Å²) >= 11 is 4.85. The third-order valence-corrected chi connectivity index (χ3v) is 1.50. The SMILES string of the molecule is CC(=O)ONC(=S)Nc1ccccc1.[NaH]. The maximum atomic E-state index is 10.4. The van der Waals surface area contributed by atoms with Crippen LogP contribution >= 0.6 is 12.2 Å². The fourth-order valence-electron chi connectivity index (χ4n) is 0.796. The molecule has 0 saturated heterocycles. The number of carbonyl (C=O) groups is 1. The van der Waals surface area contributed by atoms with Gasteiger partial charge in [-0.25, -0.2) is 0 Å². The van der Waals surface area contributed by atoms with Crippen LogP contribution in [0.25, 0.3) is 0 Å². The molecule has 0 unspecified atom stereocenters. The zero-order chi connectivity index (χ0) is 10.4. The number of benzene rings is 1. The molecule has 2 N–H and O–H groups in total. The summed E-state index contributed by atoms with van der Waals surface area (Å²) in [6, 6.07) is 9.34. The second-order valence-corrected chi connectivity index (χ2v) is 2.92. The van der Waals surface area contributed by atoms with Crippen molar-refractivity contribution in [2.24, 2.45) is 0 Å². The molecule has 76 valence electrons. The van der Waals surface area contributed by atoms with Crippen LogP contribution in [0.15, 0.2) is 30.3 Å². The first-order chi connectivity index (χ1) is 6.68. The van der Waals surface area contributed by atoms with Crippen LogP contribution in [-0.4, -0.2) is 40.6 Å². The molecule has 0 bridgehead atoms. The van der Waals surface area contributed by atoms with Crippen molar-refractivity contribution in [3.63, 3.8) is 0 Å². The maximum absolute atomic E-state index is 10.4. The van der Waals surface area contributed by atoms with Gasteiger partial charge >= 0.3 is 35.5 Å². The van der Waals surface area contributed by atoms with Crippen molar-refractivity contribution >= 4 is 58.5 Å². The van der Waals surface area contributed by atoms with Crippen LogP contribution < -0.4 is 10.8 Å². The molecule has 0 aromatic heterocycles. The first-order valence-corrected chi connectivity index (χ1v) is 4.39. The summed E-state index contributed by atoms with van der Waals surface area (Å²) in [4.78, 5) is 14.9. The van der Waals surface area contributed by atoms with E-state index in [0.29, 0.717) is 0 Å². The van der Waals surface area contributed by atoms with Crippen LogP contribution in [0.1, 0.15) is 6.92 Å². The Morgan fingerprint density at radius 3 is 2.47 bits per heavy atom. The Bertz CT molecular complexity index is 332. The number of anilines is 1. The number of hydrogen-bond acceptors (Lipinski definition) is 3. The number of para-hydroxylation sites is 1. The Kier molecular flexibility index (Phi) is 7.33.